The molecule has 5 nitrogen and oxygen atoms in total. The van der Waals surface area contributed by atoms with Gasteiger partial charge in [-0.1, -0.05) is 18.2 Å². The Kier molecular flexibility index (Phi) is 4.57. The number of fused-ring (bicyclic) bond motifs is 1. The summed E-state index contributed by atoms with van der Waals surface area (Å²) in [5, 5.41) is 0. The molecular weight excluding hydrogens is 290 g/mol. The number of aromatic nitrogens is 2. The molecule has 120 valence electrons. The van der Waals surface area contributed by atoms with Crippen LogP contribution in [0.15, 0.2) is 57.9 Å². The van der Waals surface area contributed by atoms with Gasteiger partial charge in [0.15, 0.2) is 5.58 Å². The lowest BCUT2D eigenvalue weighted by Gasteiger charge is -2.24. The van der Waals surface area contributed by atoms with Crippen LogP contribution in [-0.4, -0.2) is 34.1 Å². The second-order valence-electron chi connectivity index (χ2n) is 5.84. The molecule has 2 heterocycles. The van der Waals surface area contributed by atoms with Crippen LogP contribution in [0.5, 0.6) is 0 Å². The number of hydrogen-bond acceptors (Lipinski definition) is 4. The summed E-state index contributed by atoms with van der Waals surface area (Å²) in [6.07, 6.45) is 2.71. The van der Waals surface area contributed by atoms with Crippen LogP contribution in [0.25, 0.3) is 11.1 Å². The van der Waals surface area contributed by atoms with Gasteiger partial charge in [-0.25, -0.2) is 4.79 Å². The van der Waals surface area contributed by atoms with Crippen molar-refractivity contribution in [3.63, 3.8) is 0 Å². The Balaban J connectivity index is 1.65. The number of benzene rings is 1. The van der Waals surface area contributed by atoms with E-state index in [-0.39, 0.29) is 5.76 Å². The van der Waals surface area contributed by atoms with E-state index >= 15 is 0 Å². The smallest absolute Gasteiger partial charge is 0.408 e. The van der Waals surface area contributed by atoms with Crippen LogP contribution in [0.3, 0.4) is 0 Å². The van der Waals surface area contributed by atoms with Gasteiger partial charge in [0, 0.05) is 37.4 Å². The molecule has 3 aromatic rings. The van der Waals surface area contributed by atoms with Crippen LogP contribution in [0.4, 0.5) is 0 Å². The van der Waals surface area contributed by atoms with Crippen LogP contribution in [0.1, 0.15) is 12.6 Å². The second-order valence-corrected chi connectivity index (χ2v) is 5.84. The van der Waals surface area contributed by atoms with E-state index in [1.54, 1.807) is 4.57 Å². The molecule has 0 spiro atoms. The Bertz CT molecular complexity index is 823. The maximum atomic E-state index is 12.0. The van der Waals surface area contributed by atoms with Gasteiger partial charge in [0.25, 0.3) is 0 Å². The van der Waals surface area contributed by atoms with Gasteiger partial charge < -0.3 is 9.32 Å². The third-order valence-corrected chi connectivity index (χ3v) is 4.23. The van der Waals surface area contributed by atoms with Crippen LogP contribution in [0, 0.1) is 0 Å². The fourth-order valence-corrected chi connectivity index (χ4v) is 2.68. The number of rotatable bonds is 6. The van der Waals surface area contributed by atoms with E-state index in [0.717, 1.165) is 24.2 Å². The van der Waals surface area contributed by atoms with Crippen molar-refractivity contribution in [1.29, 1.82) is 0 Å². The number of hydrogen-bond donors (Lipinski definition) is 0. The molecule has 0 amide bonds. The molecule has 1 atom stereocenters. The molecule has 0 saturated heterocycles. The van der Waals surface area contributed by atoms with E-state index in [0.29, 0.717) is 18.2 Å². The largest absolute Gasteiger partial charge is 0.419 e. The highest BCUT2D eigenvalue weighted by Gasteiger charge is 2.13. The summed E-state index contributed by atoms with van der Waals surface area (Å²) in [5.41, 5.74) is 2.57. The standard InChI is InChI=1S/C18H21N3O2/c1-14(13-15-7-5-6-10-19-15)20(2)11-12-21-16-8-3-4-9-17(16)23-18(21)22/h3-10,14H,11-13H2,1-2H3/t14-/m1/s1. The van der Waals surface area contributed by atoms with Crippen molar-refractivity contribution in [2.75, 3.05) is 13.6 Å². The van der Waals surface area contributed by atoms with Crippen molar-refractivity contribution in [2.24, 2.45) is 0 Å². The lowest BCUT2D eigenvalue weighted by atomic mass is 10.1. The van der Waals surface area contributed by atoms with Crippen molar-refractivity contribution in [3.8, 4) is 0 Å². The molecule has 0 aliphatic heterocycles. The zero-order chi connectivity index (χ0) is 16.2. The Labute approximate surface area is 135 Å². The summed E-state index contributed by atoms with van der Waals surface area (Å²) in [6, 6.07) is 13.8. The first kappa shape index (κ1) is 15.5. The molecule has 0 N–H and O–H groups in total. The highest BCUT2D eigenvalue weighted by atomic mass is 16.4. The van der Waals surface area contributed by atoms with Gasteiger partial charge in [0.1, 0.15) is 0 Å². The van der Waals surface area contributed by atoms with Gasteiger partial charge in [-0.3, -0.25) is 9.55 Å². The number of nitrogens with zero attached hydrogens (tertiary/aromatic N) is 3. The minimum absolute atomic E-state index is 0.294. The molecule has 0 saturated carbocycles. The van der Waals surface area contributed by atoms with Crippen molar-refractivity contribution < 1.29 is 4.42 Å². The van der Waals surface area contributed by atoms with Gasteiger partial charge in [-0.2, -0.15) is 0 Å². The summed E-state index contributed by atoms with van der Waals surface area (Å²) >= 11 is 0. The average molecular weight is 311 g/mol. The summed E-state index contributed by atoms with van der Waals surface area (Å²) in [6.45, 7) is 3.56. The first-order chi connectivity index (χ1) is 11.1. The Morgan fingerprint density at radius 3 is 2.78 bits per heavy atom. The summed E-state index contributed by atoms with van der Waals surface area (Å²) < 4.78 is 6.96. The molecular formula is C18H21N3O2. The first-order valence-electron chi connectivity index (χ1n) is 7.83. The molecule has 3 rings (SSSR count). The number of likely N-dealkylation sites (N-methyl/N-ethyl adjacent to an activating group) is 1. The van der Waals surface area contributed by atoms with E-state index < -0.39 is 0 Å². The van der Waals surface area contributed by atoms with Crippen molar-refractivity contribution >= 4 is 11.1 Å². The van der Waals surface area contributed by atoms with Gasteiger partial charge in [0.2, 0.25) is 0 Å². The summed E-state index contributed by atoms with van der Waals surface area (Å²) in [4.78, 5) is 18.6. The highest BCUT2D eigenvalue weighted by Crippen LogP contribution is 2.12. The monoisotopic (exact) mass is 311 g/mol. The molecule has 5 heteroatoms. The third-order valence-electron chi connectivity index (χ3n) is 4.23. The normalized spacial score (nSPS) is 12.8. The highest BCUT2D eigenvalue weighted by molar-refractivity contribution is 5.72. The quantitative estimate of drug-likeness (QED) is 0.702. The van der Waals surface area contributed by atoms with Gasteiger partial charge in [-0.05, 0) is 38.2 Å². The molecule has 1 aromatic carbocycles. The van der Waals surface area contributed by atoms with Gasteiger partial charge in [-0.15, -0.1) is 0 Å². The van der Waals surface area contributed by atoms with Crippen molar-refractivity contribution in [2.45, 2.75) is 25.9 Å². The zero-order valence-corrected chi connectivity index (χ0v) is 13.5. The molecule has 0 unspecified atom stereocenters. The molecule has 0 fully saturated rings. The minimum Gasteiger partial charge on any atom is -0.408 e. The van der Waals surface area contributed by atoms with Crippen LogP contribution >= 0.6 is 0 Å². The fraction of sp³-hybridized carbons (Fsp3) is 0.333. The maximum Gasteiger partial charge on any atom is 0.419 e. The first-order valence-corrected chi connectivity index (χ1v) is 7.83. The lowest BCUT2D eigenvalue weighted by molar-refractivity contribution is 0.243. The van der Waals surface area contributed by atoms with Crippen LogP contribution < -0.4 is 5.76 Å². The second kappa shape index (κ2) is 6.79. The number of para-hydroxylation sites is 2. The summed E-state index contributed by atoms with van der Waals surface area (Å²) in [5.74, 6) is -0.294. The maximum absolute atomic E-state index is 12.0. The topological polar surface area (TPSA) is 51.3 Å². The van der Waals surface area contributed by atoms with E-state index in [4.69, 9.17) is 4.42 Å². The zero-order valence-electron chi connectivity index (χ0n) is 13.5. The molecule has 0 aliphatic rings. The van der Waals surface area contributed by atoms with Gasteiger partial charge >= 0.3 is 5.76 Å². The Hall–Kier alpha value is -2.40. The SMILES string of the molecule is C[C@H](Cc1ccccn1)N(C)CCn1c(=O)oc2ccccc21. The van der Waals surface area contributed by atoms with E-state index in [9.17, 15) is 4.79 Å². The van der Waals surface area contributed by atoms with E-state index in [2.05, 4.69) is 23.9 Å². The van der Waals surface area contributed by atoms with Crippen molar-refractivity contribution in [3.05, 3.63) is 64.9 Å². The lowest BCUT2D eigenvalue weighted by Crippen LogP contribution is -2.35. The fourth-order valence-electron chi connectivity index (χ4n) is 2.68. The number of oxazole rings is 1. The summed E-state index contributed by atoms with van der Waals surface area (Å²) in [7, 11) is 2.07. The predicted molar refractivity (Wildman–Crippen MR) is 90.5 cm³/mol. The van der Waals surface area contributed by atoms with Crippen molar-refractivity contribution in [1.82, 2.24) is 14.5 Å². The molecule has 0 aliphatic carbocycles. The molecule has 0 bridgehead atoms. The number of pyridine rings is 1. The van der Waals surface area contributed by atoms with Gasteiger partial charge in [0.05, 0.1) is 5.52 Å². The molecule has 2 aromatic heterocycles. The predicted octanol–water partition coefficient (Wildman–Crippen LogP) is 2.55. The average Bonchev–Trinajstić information content (AvgIpc) is 2.88. The minimum atomic E-state index is -0.294. The Morgan fingerprint density at radius 1 is 1.22 bits per heavy atom. The Morgan fingerprint density at radius 2 is 2.00 bits per heavy atom. The molecule has 0 radical (unpaired) electrons. The van der Waals surface area contributed by atoms with Crippen LogP contribution in [0.2, 0.25) is 0 Å². The third kappa shape index (κ3) is 3.51. The van der Waals surface area contributed by atoms with E-state index in [1.165, 1.54) is 0 Å². The van der Waals surface area contributed by atoms with E-state index in [1.807, 2.05) is 48.7 Å². The van der Waals surface area contributed by atoms with Crippen LogP contribution in [-0.2, 0) is 13.0 Å². The molecule has 23 heavy (non-hydrogen) atoms.